The number of unbranched alkanes of at least 4 members (excludes halogenated alkanes) is 19. The number of hydrogen-bond acceptors (Lipinski definition) is 2. The first-order valence-electron chi connectivity index (χ1n) is 12.2. The zero-order chi connectivity index (χ0) is 19.8. The minimum Gasteiger partial charge on any atom is -0.480 e. The molecule has 0 unspecified atom stereocenters. The third-order valence-corrected chi connectivity index (χ3v) is 5.48. The Balaban J connectivity index is 0. The molecule has 0 aliphatic heterocycles. The van der Waals surface area contributed by atoms with Gasteiger partial charge in [0.1, 0.15) is 0 Å². The summed E-state index contributed by atoms with van der Waals surface area (Å²) < 4.78 is 0. The van der Waals surface area contributed by atoms with Crippen LogP contribution in [0.1, 0.15) is 135 Å². The van der Waals surface area contributed by atoms with Crippen LogP contribution in [0.4, 0.5) is 0 Å². The van der Waals surface area contributed by atoms with Crippen LogP contribution in [0.25, 0.3) is 0 Å². The van der Waals surface area contributed by atoms with Crippen LogP contribution in [-0.2, 0) is 24.3 Å². The van der Waals surface area contributed by atoms with Crippen LogP contribution in [-0.4, -0.2) is 24.2 Å². The quantitative estimate of drug-likeness (QED) is 0.126. The molecular formula is C24H49NO2Zn. The SMILES string of the molecule is CCCCCCCCCCCCCCCCCCCCCCNCC(=O)O.[Zn]. The predicted molar refractivity (Wildman–Crippen MR) is 119 cm³/mol. The fraction of sp³-hybridized carbons (Fsp3) is 0.958. The molecule has 0 aromatic rings. The number of carboxylic acid groups (broad SMARTS) is 1. The van der Waals surface area contributed by atoms with Crippen molar-refractivity contribution in [2.45, 2.75) is 135 Å². The molecule has 0 aromatic carbocycles. The van der Waals surface area contributed by atoms with Crippen molar-refractivity contribution in [1.82, 2.24) is 5.32 Å². The molecule has 0 radical (unpaired) electrons. The Bertz CT molecular complexity index is 300. The van der Waals surface area contributed by atoms with Crippen molar-refractivity contribution in [3.05, 3.63) is 0 Å². The molecule has 28 heavy (non-hydrogen) atoms. The first kappa shape index (κ1) is 30.2. The molecule has 164 valence electrons. The molecule has 0 saturated carbocycles. The van der Waals surface area contributed by atoms with Crippen LogP contribution in [0.3, 0.4) is 0 Å². The largest absolute Gasteiger partial charge is 0.480 e. The van der Waals surface area contributed by atoms with Gasteiger partial charge in [-0.2, -0.15) is 0 Å². The molecule has 0 fully saturated rings. The number of aliphatic carboxylic acids is 1. The van der Waals surface area contributed by atoms with Crippen molar-refractivity contribution in [2.24, 2.45) is 0 Å². The molecule has 0 heterocycles. The fourth-order valence-corrected chi connectivity index (χ4v) is 3.70. The van der Waals surface area contributed by atoms with E-state index in [0.29, 0.717) is 0 Å². The predicted octanol–water partition coefficient (Wildman–Crippen LogP) is 7.48. The molecule has 0 spiro atoms. The van der Waals surface area contributed by atoms with Gasteiger partial charge in [-0.15, -0.1) is 0 Å². The average Bonchev–Trinajstić information content (AvgIpc) is 2.65. The average molecular weight is 449 g/mol. The van der Waals surface area contributed by atoms with Crippen LogP contribution in [0.2, 0.25) is 0 Å². The molecular weight excluding hydrogens is 400 g/mol. The molecule has 4 heteroatoms. The summed E-state index contributed by atoms with van der Waals surface area (Å²) in [7, 11) is 0. The van der Waals surface area contributed by atoms with Gasteiger partial charge >= 0.3 is 5.97 Å². The van der Waals surface area contributed by atoms with Crippen molar-refractivity contribution in [1.29, 1.82) is 0 Å². The standard InChI is InChI=1S/C24H49NO2.Zn/c1-2-3-4-5-6-7-8-9-10-11-12-13-14-15-16-17-18-19-20-21-22-25-23-24(26)27;/h25H,2-23H2,1H3,(H,26,27);. The van der Waals surface area contributed by atoms with Crippen molar-refractivity contribution in [3.8, 4) is 0 Å². The van der Waals surface area contributed by atoms with Gasteiger partial charge in [0.25, 0.3) is 0 Å². The van der Waals surface area contributed by atoms with E-state index < -0.39 is 5.97 Å². The Labute approximate surface area is 189 Å². The monoisotopic (exact) mass is 447 g/mol. The fourth-order valence-electron chi connectivity index (χ4n) is 3.70. The van der Waals surface area contributed by atoms with Crippen molar-refractivity contribution in [2.75, 3.05) is 13.1 Å². The Morgan fingerprint density at radius 2 is 0.857 bits per heavy atom. The second-order valence-corrected chi connectivity index (χ2v) is 8.29. The normalized spacial score (nSPS) is 10.8. The smallest absolute Gasteiger partial charge is 0.317 e. The Hall–Kier alpha value is 0.0534. The molecule has 3 nitrogen and oxygen atoms in total. The van der Waals surface area contributed by atoms with E-state index in [4.69, 9.17) is 5.11 Å². The number of carboxylic acids is 1. The van der Waals surface area contributed by atoms with Crippen molar-refractivity contribution in [3.63, 3.8) is 0 Å². The summed E-state index contributed by atoms with van der Waals surface area (Å²) in [5.74, 6) is -0.761. The molecule has 0 rings (SSSR count). The van der Waals surface area contributed by atoms with Gasteiger partial charge in [-0.05, 0) is 13.0 Å². The van der Waals surface area contributed by atoms with Crippen LogP contribution in [0.15, 0.2) is 0 Å². The summed E-state index contributed by atoms with van der Waals surface area (Å²) in [6.45, 7) is 3.22. The molecule has 0 bridgehead atoms. The first-order valence-corrected chi connectivity index (χ1v) is 12.2. The molecule has 0 amide bonds. The zero-order valence-electron chi connectivity index (χ0n) is 19.1. The minimum absolute atomic E-state index is 0. The van der Waals surface area contributed by atoms with E-state index in [1.54, 1.807) is 0 Å². The van der Waals surface area contributed by atoms with Crippen molar-refractivity contribution < 1.29 is 29.4 Å². The third-order valence-electron chi connectivity index (χ3n) is 5.48. The van der Waals surface area contributed by atoms with Gasteiger partial charge in [-0.3, -0.25) is 4.79 Å². The Morgan fingerprint density at radius 1 is 0.571 bits per heavy atom. The molecule has 0 aliphatic rings. The third kappa shape index (κ3) is 28.3. The van der Waals surface area contributed by atoms with E-state index in [0.717, 1.165) is 13.0 Å². The molecule has 0 atom stereocenters. The van der Waals surface area contributed by atoms with Gasteiger partial charge in [0.2, 0.25) is 0 Å². The summed E-state index contributed by atoms with van der Waals surface area (Å²) in [5, 5.41) is 11.5. The van der Waals surface area contributed by atoms with E-state index >= 15 is 0 Å². The second-order valence-electron chi connectivity index (χ2n) is 8.29. The molecule has 0 saturated heterocycles. The number of nitrogens with one attached hydrogen (secondary N) is 1. The maximum atomic E-state index is 10.3. The van der Waals surface area contributed by atoms with E-state index in [9.17, 15) is 4.79 Å². The Kier molecular flexibility index (Phi) is 29.2. The van der Waals surface area contributed by atoms with E-state index in [2.05, 4.69) is 12.2 Å². The van der Waals surface area contributed by atoms with Gasteiger partial charge in [-0.1, -0.05) is 129 Å². The van der Waals surface area contributed by atoms with Gasteiger partial charge in [-0.25, -0.2) is 0 Å². The van der Waals surface area contributed by atoms with Gasteiger partial charge < -0.3 is 10.4 Å². The molecule has 0 aromatic heterocycles. The van der Waals surface area contributed by atoms with Crippen LogP contribution >= 0.6 is 0 Å². The van der Waals surface area contributed by atoms with Gasteiger partial charge in [0.05, 0.1) is 6.54 Å². The van der Waals surface area contributed by atoms with Crippen molar-refractivity contribution >= 4 is 5.97 Å². The maximum absolute atomic E-state index is 10.3. The Morgan fingerprint density at radius 3 is 1.14 bits per heavy atom. The summed E-state index contributed by atoms with van der Waals surface area (Å²) in [5.41, 5.74) is 0. The van der Waals surface area contributed by atoms with E-state index in [1.807, 2.05) is 0 Å². The van der Waals surface area contributed by atoms with E-state index in [1.165, 1.54) is 122 Å². The molecule has 2 N–H and O–H groups in total. The zero-order valence-corrected chi connectivity index (χ0v) is 22.1. The molecule has 0 aliphatic carbocycles. The van der Waals surface area contributed by atoms with Crippen LogP contribution in [0.5, 0.6) is 0 Å². The summed E-state index contributed by atoms with van der Waals surface area (Å²) in [6, 6.07) is 0. The van der Waals surface area contributed by atoms with Gasteiger partial charge in [0, 0.05) is 19.5 Å². The first-order chi connectivity index (χ1) is 13.3. The number of hydrogen-bond donors (Lipinski definition) is 2. The van der Waals surface area contributed by atoms with E-state index in [-0.39, 0.29) is 26.0 Å². The topological polar surface area (TPSA) is 49.3 Å². The minimum atomic E-state index is -0.761. The van der Waals surface area contributed by atoms with Crippen LogP contribution in [0, 0.1) is 0 Å². The maximum Gasteiger partial charge on any atom is 0.317 e. The summed E-state index contributed by atoms with van der Waals surface area (Å²) in [6.07, 6.45) is 27.9. The van der Waals surface area contributed by atoms with Crippen LogP contribution < -0.4 is 5.32 Å². The van der Waals surface area contributed by atoms with Gasteiger partial charge in [0.15, 0.2) is 0 Å². The number of rotatable bonds is 23. The summed E-state index contributed by atoms with van der Waals surface area (Å²) >= 11 is 0. The number of carbonyl (C=O) groups is 1. The summed E-state index contributed by atoms with van der Waals surface area (Å²) in [4.78, 5) is 10.3. The second kappa shape index (κ2) is 27.1.